The lowest BCUT2D eigenvalue weighted by Crippen LogP contribution is -2.37. The lowest BCUT2D eigenvalue weighted by molar-refractivity contribution is -0.138. The summed E-state index contributed by atoms with van der Waals surface area (Å²) < 4.78 is 63.4. The third kappa shape index (κ3) is 6.49. The van der Waals surface area contributed by atoms with E-state index in [1.165, 1.54) is 31.6 Å². The zero-order chi connectivity index (χ0) is 30.9. The van der Waals surface area contributed by atoms with Crippen molar-refractivity contribution in [1.29, 1.82) is 0 Å². The van der Waals surface area contributed by atoms with Gasteiger partial charge in [-0.15, -0.1) is 0 Å². The van der Waals surface area contributed by atoms with E-state index in [1.807, 2.05) is 23.8 Å². The number of carbonyl (C=O) groups is 1. The van der Waals surface area contributed by atoms with Crippen LogP contribution in [-0.2, 0) is 18.0 Å². The largest absolute Gasteiger partial charge is 0.417 e. The van der Waals surface area contributed by atoms with Crippen LogP contribution in [0.1, 0.15) is 29.3 Å². The van der Waals surface area contributed by atoms with Crippen LogP contribution in [0.2, 0.25) is 0 Å². The first-order valence-corrected chi connectivity index (χ1v) is 14.0. The minimum Gasteiger partial charge on any atom is -0.378 e. The Morgan fingerprint density at radius 3 is 2.47 bits per heavy atom. The van der Waals surface area contributed by atoms with Gasteiger partial charge < -0.3 is 29.3 Å². The van der Waals surface area contributed by atoms with Crippen LogP contribution in [0.4, 0.5) is 34.9 Å². The number of hydrogen-bond acceptors (Lipinski definition) is 8. The van der Waals surface area contributed by atoms with Gasteiger partial charge >= 0.3 is 6.18 Å². The number of amides is 1. The fourth-order valence-electron chi connectivity index (χ4n) is 5.35. The van der Waals surface area contributed by atoms with Crippen molar-refractivity contribution in [2.24, 2.45) is 7.05 Å². The molecule has 3 aromatic rings. The topological polar surface area (TPSA) is 95.8 Å². The van der Waals surface area contributed by atoms with Crippen LogP contribution in [0.25, 0.3) is 11.1 Å². The van der Waals surface area contributed by atoms with Crippen LogP contribution in [0.3, 0.4) is 0 Å². The second-order valence-electron chi connectivity index (χ2n) is 10.7. The standard InChI is InChI=1S/C29H33F4N7O3/c1-4-37(2)19-5-6-40(16-19)25-13-23(30)20(18-14-34-28(35-15-18)39-7-9-43-10-8-39)11-24(25)36-27(42)21-17-38(3)26(41)12-22(21)29(31,32)33/h11-15,17,19H,4-10,16H2,1-3H3,(H,36,42)/t19-/m0/s1. The minimum atomic E-state index is -4.94. The first-order chi connectivity index (χ1) is 20.5. The highest BCUT2D eigenvalue weighted by Gasteiger charge is 2.37. The summed E-state index contributed by atoms with van der Waals surface area (Å²) in [4.78, 5) is 40.2. The zero-order valence-electron chi connectivity index (χ0n) is 24.1. The maximum Gasteiger partial charge on any atom is 0.417 e. The molecule has 0 unspecified atom stereocenters. The van der Waals surface area contributed by atoms with Crippen LogP contribution in [-0.4, -0.2) is 84.4 Å². The van der Waals surface area contributed by atoms with Gasteiger partial charge in [-0.2, -0.15) is 13.2 Å². The number of likely N-dealkylation sites (N-methyl/N-ethyl adjacent to an activating group) is 1. The number of morpholine rings is 1. The smallest absolute Gasteiger partial charge is 0.378 e. The Morgan fingerprint density at radius 1 is 1.12 bits per heavy atom. The van der Waals surface area contributed by atoms with Crippen LogP contribution < -0.4 is 20.7 Å². The molecule has 230 valence electrons. The quantitative estimate of drug-likeness (QED) is 0.410. The summed E-state index contributed by atoms with van der Waals surface area (Å²) in [6.45, 7) is 6.26. The summed E-state index contributed by atoms with van der Waals surface area (Å²) in [6.07, 6.45) is -0.359. The Kier molecular flexibility index (Phi) is 8.69. The minimum absolute atomic E-state index is 0.0745. The number of pyridine rings is 1. The second kappa shape index (κ2) is 12.3. The van der Waals surface area contributed by atoms with E-state index >= 15 is 4.39 Å². The molecule has 0 bridgehead atoms. The highest BCUT2D eigenvalue weighted by molar-refractivity contribution is 6.07. The number of aromatic nitrogens is 3. The lowest BCUT2D eigenvalue weighted by Gasteiger charge is -2.27. The highest BCUT2D eigenvalue weighted by Crippen LogP contribution is 2.37. The number of halogens is 4. The molecule has 14 heteroatoms. The average Bonchev–Trinajstić information content (AvgIpc) is 3.49. The molecule has 1 aromatic carbocycles. The number of rotatable bonds is 7. The molecule has 1 N–H and O–H groups in total. The number of hydrogen-bond donors (Lipinski definition) is 1. The van der Waals surface area contributed by atoms with Gasteiger partial charge in [-0.3, -0.25) is 9.59 Å². The van der Waals surface area contributed by atoms with Crippen molar-refractivity contribution in [2.45, 2.75) is 25.6 Å². The van der Waals surface area contributed by atoms with Gasteiger partial charge in [0.15, 0.2) is 0 Å². The van der Waals surface area contributed by atoms with Crippen LogP contribution in [0.15, 0.2) is 41.6 Å². The van der Waals surface area contributed by atoms with Crippen molar-refractivity contribution >= 4 is 23.2 Å². The summed E-state index contributed by atoms with van der Waals surface area (Å²) in [5, 5.41) is 2.58. The van der Waals surface area contributed by atoms with E-state index in [9.17, 15) is 22.8 Å². The Hall–Kier alpha value is -4.04. The van der Waals surface area contributed by atoms with E-state index in [2.05, 4.69) is 20.2 Å². The molecule has 4 heterocycles. The third-order valence-corrected chi connectivity index (χ3v) is 7.98. The second-order valence-corrected chi connectivity index (χ2v) is 10.7. The van der Waals surface area contributed by atoms with Crippen molar-refractivity contribution in [3.63, 3.8) is 0 Å². The SMILES string of the molecule is CCN(C)[C@H]1CCN(c2cc(F)c(-c3cnc(N4CCOCC4)nc3)cc2NC(=O)c2cn(C)c(=O)cc2C(F)(F)F)C1. The molecule has 2 aliphatic rings. The van der Waals surface area contributed by atoms with Crippen molar-refractivity contribution < 1.29 is 27.1 Å². The van der Waals surface area contributed by atoms with E-state index in [-0.39, 0.29) is 17.3 Å². The van der Waals surface area contributed by atoms with E-state index in [0.717, 1.165) is 23.7 Å². The molecule has 0 spiro atoms. The molecule has 2 saturated heterocycles. The van der Waals surface area contributed by atoms with Gasteiger partial charge in [0.1, 0.15) is 5.82 Å². The Balaban J connectivity index is 1.54. The summed E-state index contributed by atoms with van der Waals surface area (Å²) in [6, 6.07) is 3.24. The molecule has 2 aliphatic heterocycles. The number of ether oxygens (including phenoxy) is 1. The molecular weight excluding hydrogens is 570 g/mol. The van der Waals surface area contributed by atoms with Crippen LogP contribution in [0.5, 0.6) is 0 Å². The lowest BCUT2D eigenvalue weighted by atomic mass is 10.0. The predicted molar refractivity (Wildman–Crippen MR) is 154 cm³/mol. The number of benzene rings is 1. The molecule has 10 nitrogen and oxygen atoms in total. The number of alkyl halides is 3. The molecular formula is C29H33F4N7O3. The fourth-order valence-corrected chi connectivity index (χ4v) is 5.35. The van der Waals surface area contributed by atoms with Crippen molar-refractivity contribution in [3.05, 3.63) is 64.1 Å². The van der Waals surface area contributed by atoms with Crippen LogP contribution in [0, 0.1) is 5.82 Å². The fraction of sp³-hybridized carbons (Fsp3) is 0.448. The maximum absolute atomic E-state index is 15.7. The first kappa shape index (κ1) is 30.4. The molecule has 1 amide bonds. The van der Waals surface area contributed by atoms with Crippen molar-refractivity contribution in [2.75, 3.05) is 68.1 Å². The maximum atomic E-state index is 15.7. The van der Waals surface area contributed by atoms with Gasteiger partial charge in [-0.25, -0.2) is 14.4 Å². The predicted octanol–water partition coefficient (Wildman–Crippen LogP) is 3.62. The van der Waals surface area contributed by atoms with E-state index in [4.69, 9.17) is 4.74 Å². The average molecular weight is 604 g/mol. The molecule has 0 aliphatic carbocycles. The monoisotopic (exact) mass is 603 g/mol. The normalized spacial score (nSPS) is 17.5. The molecule has 0 radical (unpaired) electrons. The van der Waals surface area contributed by atoms with Gasteiger partial charge in [0.25, 0.3) is 11.5 Å². The summed E-state index contributed by atoms with van der Waals surface area (Å²) in [7, 11) is 3.25. The zero-order valence-corrected chi connectivity index (χ0v) is 24.1. The summed E-state index contributed by atoms with van der Waals surface area (Å²) >= 11 is 0. The van der Waals surface area contributed by atoms with Gasteiger partial charge in [0.05, 0.1) is 35.7 Å². The summed E-state index contributed by atoms with van der Waals surface area (Å²) in [5.41, 5.74) is -2.11. The van der Waals surface area contributed by atoms with Gasteiger partial charge in [-0.05, 0) is 32.1 Å². The first-order valence-electron chi connectivity index (χ1n) is 14.0. The molecule has 2 fully saturated rings. The molecule has 2 aromatic heterocycles. The summed E-state index contributed by atoms with van der Waals surface area (Å²) in [5.74, 6) is -1.21. The Bertz CT molecular complexity index is 1540. The van der Waals surface area contributed by atoms with Gasteiger partial charge in [0.2, 0.25) is 5.95 Å². The third-order valence-electron chi connectivity index (χ3n) is 7.98. The van der Waals surface area contributed by atoms with Crippen molar-refractivity contribution in [1.82, 2.24) is 19.4 Å². The number of anilines is 3. The molecule has 1 atom stereocenters. The van der Waals surface area contributed by atoms with Gasteiger partial charge in [0, 0.05) is 75.1 Å². The van der Waals surface area contributed by atoms with Crippen LogP contribution >= 0.6 is 0 Å². The van der Waals surface area contributed by atoms with E-state index in [1.54, 1.807) is 0 Å². The molecule has 0 saturated carbocycles. The van der Waals surface area contributed by atoms with E-state index < -0.39 is 34.6 Å². The molecule has 5 rings (SSSR count). The Morgan fingerprint density at radius 2 is 1.81 bits per heavy atom. The number of carbonyl (C=O) groups excluding carboxylic acids is 1. The van der Waals surface area contributed by atoms with E-state index in [0.29, 0.717) is 62.7 Å². The van der Waals surface area contributed by atoms with Gasteiger partial charge in [-0.1, -0.05) is 6.92 Å². The Labute approximate surface area is 245 Å². The molecule has 43 heavy (non-hydrogen) atoms. The number of aryl methyl sites for hydroxylation is 1. The van der Waals surface area contributed by atoms with Crippen molar-refractivity contribution in [3.8, 4) is 11.1 Å². The number of nitrogens with one attached hydrogen (secondary N) is 1. The highest BCUT2D eigenvalue weighted by atomic mass is 19.4. The number of nitrogens with zero attached hydrogens (tertiary/aromatic N) is 6.